The van der Waals surface area contributed by atoms with E-state index < -0.39 is 0 Å². The van der Waals surface area contributed by atoms with Crippen molar-refractivity contribution >= 4 is 0 Å². The molecule has 15 heavy (non-hydrogen) atoms. The molecule has 1 unspecified atom stereocenters. The van der Waals surface area contributed by atoms with Crippen molar-refractivity contribution in [3.8, 4) is 0 Å². The molecule has 3 heteroatoms. The van der Waals surface area contributed by atoms with E-state index >= 15 is 0 Å². The Morgan fingerprint density at radius 3 is 3.07 bits per heavy atom. The van der Waals surface area contributed by atoms with Gasteiger partial charge in [0.2, 0.25) is 0 Å². The van der Waals surface area contributed by atoms with Crippen LogP contribution in [0, 0.1) is 5.92 Å². The van der Waals surface area contributed by atoms with Crippen LogP contribution in [-0.4, -0.2) is 16.3 Å². The molecule has 1 saturated heterocycles. The molecule has 1 aromatic rings. The van der Waals surface area contributed by atoms with Gasteiger partial charge in [0.1, 0.15) is 0 Å². The molecule has 1 saturated carbocycles. The van der Waals surface area contributed by atoms with Crippen LogP contribution >= 0.6 is 0 Å². The zero-order chi connectivity index (χ0) is 10.3. The fourth-order valence-corrected chi connectivity index (χ4v) is 3.08. The van der Waals surface area contributed by atoms with E-state index in [4.69, 9.17) is 0 Å². The molecule has 3 rings (SSSR count). The summed E-state index contributed by atoms with van der Waals surface area (Å²) < 4.78 is 2.16. The van der Waals surface area contributed by atoms with Crippen LogP contribution in [0.1, 0.15) is 38.3 Å². The number of hydrogen-bond acceptors (Lipinski definition) is 2. The van der Waals surface area contributed by atoms with Gasteiger partial charge in [-0.2, -0.15) is 5.10 Å². The van der Waals surface area contributed by atoms with Gasteiger partial charge in [0.05, 0.1) is 11.2 Å². The molecule has 0 bridgehead atoms. The fourth-order valence-electron chi connectivity index (χ4n) is 3.08. The molecule has 2 heterocycles. The summed E-state index contributed by atoms with van der Waals surface area (Å²) in [4.78, 5) is 0. The van der Waals surface area contributed by atoms with Crippen LogP contribution in [0.2, 0.25) is 0 Å². The lowest BCUT2D eigenvalue weighted by atomic mass is 9.87. The Balaban J connectivity index is 2.01. The molecule has 0 amide bonds. The third-order valence-electron chi connectivity index (χ3n) is 3.94. The van der Waals surface area contributed by atoms with Gasteiger partial charge in [-0.05, 0) is 51.1 Å². The van der Waals surface area contributed by atoms with E-state index in [1.54, 1.807) is 0 Å². The van der Waals surface area contributed by atoms with Crippen LogP contribution in [0.25, 0.3) is 0 Å². The van der Waals surface area contributed by atoms with Crippen molar-refractivity contribution in [1.29, 1.82) is 0 Å². The summed E-state index contributed by atoms with van der Waals surface area (Å²) in [6.07, 6.45) is 7.33. The monoisotopic (exact) mass is 205 g/mol. The second-order valence-corrected chi connectivity index (χ2v) is 4.81. The van der Waals surface area contributed by atoms with Crippen molar-refractivity contribution in [2.24, 2.45) is 5.92 Å². The van der Waals surface area contributed by atoms with E-state index in [-0.39, 0.29) is 5.54 Å². The normalized spacial score (nSPS) is 31.0. The van der Waals surface area contributed by atoms with E-state index in [2.05, 4.69) is 28.1 Å². The van der Waals surface area contributed by atoms with E-state index in [0.717, 1.165) is 12.5 Å². The van der Waals surface area contributed by atoms with Crippen LogP contribution in [0.4, 0.5) is 0 Å². The molecule has 2 aliphatic rings. The largest absolute Gasteiger partial charge is 0.306 e. The average Bonchev–Trinajstić information content (AvgIpc) is 2.85. The number of aryl methyl sites for hydroxylation is 1. The minimum absolute atomic E-state index is 0.270. The maximum atomic E-state index is 4.41. The van der Waals surface area contributed by atoms with E-state index in [1.807, 2.05) is 6.20 Å². The Morgan fingerprint density at radius 2 is 2.47 bits per heavy atom. The van der Waals surface area contributed by atoms with Crippen molar-refractivity contribution in [2.75, 3.05) is 6.54 Å². The number of hydrogen-bond donors (Lipinski definition) is 1. The van der Waals surface area contributed by atoms with E-state index in [0.29, 0.717) is 0 Å². The molecule has 0 aromatic carbocycles. The van der Waals surface area contributed by atoms with Crippen LogP contribution in [0.3, 0.4) is 0 Å². The van der Waals surface area contributed by atoms with Gasteiger partial charge in [0.15, 0.2) is 0 Å². The van der Waals surface area contributed by atoms with Gasteiger partial charge in [-0.15, -0.1) is 0 Å². The first-order valence-corrected chi connectivity index (χ1v) is 6.14. The smallest absolute Gasteiger partial charge is 0.0634 e. The Bertz CT molecular complexity index is 346. The molecule has 3 nitrogen and oxygen atoms in total. The molecular formula is C12H19N3. The van der Waals surface area contributed by atoms with Crippen molar-refractivity contribution in [2.45, 2.75) is 44.7 Å². The summed E-state index contributed by atoms with van der Waals surface area (Å²) in [5.74, 6) is 0.863. The van der Waals surface area contributed by atoms with Crippen molar-refractivity contribution in [3.05, 3.63) is 18.0 Å². The third-order valence-corrected chi connectivity index (χ3v) is 3.94. The van der Waals surface area contributed by atoms with Gasteiger partial charge in [0, 0.05) is 12.7 Å². The number of rotatable bonds is 3. The SMILES string of the molecule is CCn1nccc1C1(C2CC2)CCCN1. The molecule has 0 radical (unpaired) electrons. The van der Waals surface area contributed by atoms with Crippen molar-refractivity contribution < 1.29 is 0 Å². The summed E-state index contributed by atoms with van der Waals surface area (Å²) in [5.41, 5.74) is 1.69. The molecule has 82 valence electrons. The second-order valence-electron chi connectivity index (χ2n) is 4.81. The third kappa shape index (κ3) is 1.33. The van der Waals surface area contributed by atoms with Crippen molar-refractivity contribution in [1.82, 2.24) is 15.1 Å². The highest BCUT2D eigenvalue weighted by molar-refractivity contribution is 5.21. The first-order valence-electron chi connectivity index (χ1n) is 6.14. The van der Waals surface area contributed by atoms with Gasteiger partial charge in [0.25, 0.3) is 0 Å². The number of nitrogens with one attached hydrogen (secondary N) is 1. The molecule has 1 aliphatic heterocycles. The van der Waals surface area contributed by atoms with Gasteiger partial charge in [-0.3, -0.25) is 4.68 Å². The van der Waals surface area contributed by atoms with Crippen LogP contribution in [0.5, 0.6) is 0 Å². The molecular weight excluding hydrogens is 186 g/mol. The predicted molar refractivity (Wildman–Crippen MR) is 59.5 cm³/mol. The van der Waals surface area contributed by atoms with E-state index in [1.165, 1.54) is 37.9 Å². The first-order chi connectivity index (χ1) is 7.37. The summed E-state index contributed by atoms with van der Waals surface area (Å²) >= 11 is 0. The second kappa shape index (κ2) is 3.34. The summed E-state index contributed by atoms with van der Waals surface area (Å²) in [5, 5.41) is 8.16. The minimum atomic E-state index is 0.270. The highest BCUT2D eigenvalue weighted by atomic mass is 15.3. The first kappa shape index (κ1) is 9.40. The number of aromatic nitrogens is 2. The van der Waals surface area contributed by atoms with Crippen LogP contribution in [0.15, 0.2) is 12.3 Å². The molecule has 1 aliphatic carbocycles. The quantitative estimate of drug-likeness (QED) is 0.816. The maximum Gasteiger partial charge on any atom is 0.0634 e. The van der Waals surface area contributed by atoms with Crippen molar-refractivity contribution in [3.63, 3.8) is 0 Å². The van der Waals surface area contributed by atoms with Gasteiger partial charge >= 0.3 is 0 Å². The molecule has 0 spiro atoms. The molecule has 1 N–H and O–H groups in total. The molecule has 1 atom stereocenters. The lowest BCUT2D eigenvalue weighted by Gasteiger charge is -2.30. The fraction of sp³-hybridized carbons (Fsp3) is 0.750. The van der Waals surface area contributed by atoms with Crippen LogP contribution < -0.4 is 5.32 Å². The highest BCUT2D eigenvalue weighted by Crippen LogP contribution is 2.50. The lowest BCUT2D eigenvalue weighted by molar-refractivity contribution is 0.308. The zero-order valence-electron chi connectivity index (χ0n) is 9.37. The summed E-state index contributed by atoms with van der Waals surface area (Å²) in [7, 11) is 0. The Labute approximate surface area is 90.9 Å². The molecule has 1 aromatic heterocycles. The van der Waals surface area contributed by atoms with Crippen LogP contribution in [-0.2, 0) is 12.1 Å². The zero-order valence-corrected chi connectivity index (χ0v) is 9.37. The molecule has 2 fully saturated rings. The van der Waals surface area contributed by atoms with Gasteiger partial charge < -0.3 is 5.32 Å². The topological polar surface area (TPSA) is 29.9 Å². The summed E-state index contributed by atoms with van der Waals surface area (Å²) in [6.45, 7) is 4.33. The van der Waals surface area contributed by atoms with Gasteiger partial charge in [-0.25, -0.2) is 0 Å². The Kier molecular flexibility index (Phi) is 2.09. The Hall–Kier alpha value is -0.830. The minimum Gasteiger partial charge on any atom is -0.306 e. The Morgan fingerprint density at radius 1 is 1.60 bits per heavy atom. The van der Waals surface area contributed by atoms with Gasteiger partial charge in [-0.1, -0.05) is 0 Å². The lowest BCUT2D eigenvalue weighted by Crippen LogP contribution is -2.41. The highest BCUT2D eigenvalue weighted by Gasteiger charge is 2.49. The van der Waals surface area contributed by atoms with E-state index in [9.17, 15) is 0 Å². The average molecular weight is 205 g/mol. The maximum absolute atomic E-state index is 4.41. The number of nitrogens with zero attached hydrogens (tertiary/aromatic N) is 2. The standard InChI is InChI=1S/C12H19N3/c1-2-15-11(6-9-14-15)12(10-4-5-10)7-3-8-13-12/h6,9-10,13H,2-5,7-8H2,1H3. The predicted octanol–water partition coefficient (Wildman–Crippen LogP) is 1.89. The summed E-state index contributed by atoms with van der Waals surface area (Å²) in [6, 6.07) is 2.21.